The molecule has 1 unspecified atom stereocenters. The zero-order valence-electron chi connectivity index (χ0n) is 22.1. The van der Waals surface area contributed by atoms with Crippen LogP contribution in [0, 0.1) is 0 Å². The number of unbranched alkanes of at least 4 members (excludes halogenated alkanes) is 2. The summed E-state index contributed by atoms with van der Waals surface area (Å²) in [5.74, 6) is -0.0114. The van der Waals surface area contributed by atoms with E-state index in [1.165, 1.54) is 4.90 Å². The van der Waals surface area contributed by atoms with Gasteiger partial charge >= 0.3 is 0 Å². The minimum Gasteiger partial charge on any atom is -0.507 e. The van der Waals surface area contributed by atoms with Crippen molar-refractivity contribution in [2.75, 3.05) is 40.6 Å². The smallest absolute Gasteiger partial charge is 0.295 e. The quantitative estimate of drug-likeness (QED) is 0.163. The third-order valence-electron chi connectivity index (χ3n) is 6.21. The molecule has 2 aromatic carbocycles. The summed E-state index contributed by atoms with van der Waals surface area (Å²) in [5, 5.41) is 11.3. The van der Waals surface area contributed by atoms with Gasteiger partial charge in [0.15, 0.2) is 11.5 Å². The van der Waals surface area contributed by atoms with Crippen LogP contribution < -0.4 is 14.2 Å². The summed E-state index contributed by atoms with van der Waals surface area (Å²) in [5.41, 5.74) is 1.06. The Labute approximate surface area is 218 Å². The van der Waals surface area contributed by atoms with E-state index < -0.39 is 17.7 Å². The Bertz CT molecular complexity index is 1110. The summed E-state index contributed by atoms with van der Waals surface area (Å²) in [6.07, 6.45) is 3.63. The topological polar surface area (TPSA) is 94.5 Å². The molecule has 1 aliphatic rings. The highest BCUT2D eigenvalue weighted by atomic mass is 16.5. The van der Waals surface area contributed by atoms with Gasteiger partial charge in [0.25, 0.3) is 11.7 Å². The molecule has 37 heavy (non-hydrogen) atoms. The number of rotatable bonds is 14. The summed E-state index contributed by atoms with van der Waals surface area (Å²) in [4.78, 5) is 27.9. The minimum absolute atomic E-state index is 0.0229. The van der Waals surface area contributed by atoms with E-state index in [0.29, 0.717) is 54.6 Å². The van der Waals surface area contributed by atoms with E-state index in [4.69, 9.17) is 18.9 Å². The number of Topliss-reactive ketones (excluding diaryl/α,β-unsaturated/α-hetero) is 1. The molecule has 0 saturated carbocycles. The van der Waals surface area contributed by atoms with Gasteiger partial charge in [-0.05, 0) is 49.6 Å². The second-order valence-electron chi connectivity index (χ2n) is 8.77. The van der Waals surface area contributed by atoms with E-state index in [9.17, 15) is 14.7 Å². The number of benzene rings is 2. The number of carbonyl (C=O) groups excluding carboxylic acids is 2. The highest BCUT2D eigenvalue weighted by Gasteiger charge is 2.46. The lowest BCUT2D eigenvalue weighted by Gasteiger charge is -2.26. The SMILES string of the molecule is CCCCCOc1ccc(C2C(=C(O)c3cccc(OCC)c3)C(=O)C(=O)N2CCCOC)cc1OC. The number of hydrogen-bond acceptors (Lipinski definition) is 7. The zero-order valence-corrected chi connectivity index (χ0v) is 22.1. The van der Waals surface area contributed by atoms with Gasteiger partial charge in [-0.25, -0.2) is 0 Å². The standard InChI is InChI=1S/C29H37NO7/c1-5-7-8-17-37-23-14-13-20(19-24(23)35-4)26-25(28(32)29(33)30(26)15-10-16-34-3)27(31)21-11-9-12-22(18-21)36-6-2/h9,11-14,18-19,26,31H,5-8,10,15-17H2,1-4H3. The molecule has 0 bridgehead atoms. The van der Waals surface area contributed by atoms with Crippen LogP contribution in [0.4, 0.5) is 0 Å². The molecule has 1 heterocycles. The molecule has 0 radical (unpaired) electrons. The monoisotopic (exact) mass is 511 g/mol. The van der Waals surface area contributed by atoms with Crippen molar-refractivity contribution in [3.05, 3.63) is 59.2 Å². The van der Waals surface area contributed by atoms with Gasteiger partial charge in [0, 0.05) is 25.8 Å². The highest BCUT2D eigenvalue weighted by molar-refractivity contribution is 6.46. The first-order valence-electron chi connectivity index (χ1n) is 12.8. The number of aliphatic hydroxyl groups excluding tert-OH is 1. The number of aliphatic hydroxyl groups is 1. The number of hydrogen-bond donors (Lipinski definition) is 1. The largest absolute Gasteiger partial charge is 0.507 e. The van der Waals surface area contributed by atoms with Crippen molar-refractivity contribution in [2.45, 2.75) is 45.6 Å². The van der Waals surface area contributed by atoms with Crippen molar-refractivity contribution >= 4 is 17.4 Å². The van der Waals surface area contributed by atoms with Crippen LogP contribution in [0.3, 0.4) is 0 Å². The third-order valence-corrected chi connectivity index (χ3v) is 6.21. The van der Waals surface area contributed by atoms with Crippen LogP contribution in [0.2, 0.25) is 0 Å². The van der Waals surface area contributed by atoms with Gasteiger partial charge in [-0.2, -0.15) is 0 Å². The molecule has 1 N–H and O–H groups in total. The molecule has 0 spiro atoms. The van der Waals surface area contributed by atoms with Crippen LogP contribution in [-0.2, 0) is 14.3 Å². The van der Waals surface area contributed by atoms with Gasteiger partial charge in [-0.15, -0.1) is 0 Å². The lowest BCUT2D eigenvalue weighted by atomic mass is 9.95. The Morgan fingerprint density at radius 3 is 2.46 bits per heavy atom. The van der Waals surface area contributed by atoms with Crippen LogP contribution in [0.25, 0.3) is 5.76 Å². The van der Waals surface area contributed by atoms with Crippen molar-refractivity contribution in [3.8, 4) is 17.2 Å². The molecule has 1 atom stereocenters. The molecule has 0 aromatic heterocycles. The Balaban J connectivity index is 2.06. The normalized spacial score (nSPS) is 16.8. The summed E-state index contributed by atoms with van der Waals surface area (Å²) >= 11 is 0. The Hall–Kier alpha value is -3.52. The minimum atomic E-state index is -0.796. The highest BCUT2D eigenvalue weighted by Crippen LogP contribution is 2.42. The average Bonchev–Trinajstić information content (AvgIpc) is 3.16. The molecule has 8 heteroatoms. The number of ketones is 1. The van der Waals surface area contributed by atoms with Crippen LogP contribution in [0.5, 0.6) is 17.2 Å². The van der Waals surface area contributed by atoms with Crippen LogP contribution >= 0.6 is 0 Å². The van der Waals surface area contributed by atoms with Crippen LogP contribution in [-0.4, -0.2) is 62.3 Å². The lowest BCUT2D eigenvalue weighted by molar-refractivity contribution is -0.140. The van der Waals surface area contributed by atoms with Crippen molar-refractivity contribution in [3.63, 3.8) is 0 Å². The lowest BCUT2D eigenvalue weighted by Crippen LogP contribution is -2.31. The number of carbonyl (C=O) groups is 2. The molecule has 1 saturated heterocycles. The van der Waals surface area contributed by atoms with Gasteiger partial charge in [0.2, 0.25) is 0 Å². The Morgan fingerprint density at radius 1 is 0.946 bits per heavy atom. The molecule has 1 fully saturated rings. The van der Waals surface area contributed by atoms with Crippen molar-refractivity contribution in [1.29, 1.82) is 0 Å². The number of methoxy groups -OCH3 is 2. The number of nitrogens with zero attached hydrogens (tertiary/aromatic N) is 1. The summed E-state index contributed by atoms with van der Waals surface area (Å²) in [6.45, 7) is 5.74. The predicted molar refractivity (Wildman–Crippen MR) is 141 cm³/mol. The molecule has 2 aromatic rings. The Kier molecular flexibility index (Phi) is 10.4. The van der Waals surface area contributed by atoms with Gasteiger partial charge < -0.3 is 29.0 Å². The maximum Gasteiger partial charge on any atom is 0.295 e. The summed E-state index contributed by atoms with van der Waals surface area (Å²) in [7, 11) is 3.13. The molecule has 8 nitrogen and oxygen atoms in total. The fraction of sp³-hybridized carbons (Fsp3) is 0.448. The fourth-order valence-electron chi connectivity index (χ4n) is 4.40. The van der Waals surface area contributed by atoms with Gasteiger partial charge in [-0.3, -0.25) is 9.59 Å². The maximum atomic E-state index is 13.3. The van der Waals surface area contributed by atoms with Crippen LogP contribution in [0.1, 0.15) is 56.7 Å². The summed E-state index contributed by atoms with van der Waals surface area (Å²) < 4.78 is 22.2. The number of ether oxygens (including phenoxy) is 4. The molecule has 200 valence electrons. The van der Waals surface area contributed by atoms with E-state index in [-0.39, 0.29) is 17.9 Å². The molecular formula is C29H37NO7. The van der Waals surface area contributed by atoms with Crippen molar-refractivity contribution < 1.29 is 33.6 Å². The average molecular weight is 512 g/mol. The van der Waals surface area contributed by atoms with E-state index in [0.717, 1.165) is 19.3 Å². The zero-order chi connectivity index (χ0) is 26.8. The van der Waals surface area contributed by atoms with E-state index in [2.05, 4.69) is 6.92 Å². The number of likely N-dealkylation sites (tertiary alicyclic amines) is 1. The second-order valence-corrected chi connectivity index (χ2v) is 8.77. The van der Waals surface area contributed by atoms with Gasteiger partial charge in [0.05, 0.1) is 31.9 Å². The van der Waals surface area contributed by atoms with E-state index >= 15 is 0 Å². The van der Waals surface area contributed by atoms with Gasteiger partial charge in [-0.1, -0.05) is 38.0 Å². The predicted octanol–water partition coefficient (Wildman–Crippen LogP) is 5.12. The Morgan fingerprint density at radius 2 is 1.76 bits per heavy atom. The van der Waals surface area contributed by atoms with E-state index in [1.54, 1.807) is 56.7 Å². The second kappa shape index (κ2) is 13.7. The van der Waals surface area contributed by atoms with Gasteiger partial charge in [0.1, 0.15) is 11.5 Å². The molecule has 1 amide bonds. The molecule has 0 aliphatic carbocycles. The molecule has 1 aliphatic heterocycles. The summed E-state index contributed by atoms with van der Waals surface area (Å²) in [6, 6.07) is 11.4. The molecule has 3 rings (SSSR count). The first kappa shape index (κ1) is 28.1. The maximum absolute atomic E-state index is 13.3. The van der Waals surface area contributed by atoms with E-state index in [1.807, 2.05) is 6.92 Å². The third kappa shape index (κ3) is 6.63. The van der Waals surface area contributed by atoms with Crippen molar-refractivity contribution in [2.24, 2.45) is 0 Å². The fourth-order valence-corrected chi connectivity index (χ4v) is 4.40. The van der Waals surface area contributed by atoms with Crippen LogP contribution in [0.15, 0.2) is 48.0 Å². The first-order valence-corrected chi connectivity index (χ1v) is 12.8. The number of amides is 1. The molecular weight excluding hydrogens is 474 g/mol. The first-order chi connectivity index (χ1) is 18.0. The van der Waals surface area contributed by atoms with Crippen molar-refractivity contribution in [1.82, 2.24) is 4.90 Å².